The predicted molar refractivity (Wildman–Crippen MR) is 64.4 cm³/mol. The fourth-order valence-corrected chi connectivity index (χ4v) is 1.57. The number of halogens is 1. The third-order valence-electron chi connectivity index (χ3n) is 2.07. The number of ether oxygens (including phenoxy) is 2. The normalized spacial score (nSPS) is 9.94. The summed E-state index contributed by atoms with van der Waals surface area (Å²) in [5.41, 5.74) is 1.03. The Morgan fingerprint density at radius 2 is 2.19 bits per heavy atom. The monoisotopic (exact) mass is 287 g/mol. The molecule has 0 saturated carbocycles. The van der Waals surface area contributed by atoms with Crippen molar-refractivity contribution in [1.29, 1.82) is 0 Å². The third kappa shape index (κ3) is 3.83. The molecule has 0 aliphatic heterocycles. The summed E-state index contributed by atoms with van der Waals surface area (Å²) in [6, 6.07) is 5.69. The minimum atomic E-state index is -0.279. The molecule has 1 rings (SSSR count). The van der Waals surface area contributed by atoms with Gasteiger partial charge in [-0.3, -0.25) is 4.79 Å². The van der Waals surface area contributed by atoms with E-state index < -0.39 is 0 Å². The summed E-state index contributed by atoms with van der Waals surface area (Å²) < 4.78 is 10.6. The summed E-state index contributed by atoms with van der Waals surface area (Å²) in [5, 5.41) is 2.98. The largest absolute Gasteiger partial charge is 0.497 e. The van der Waals surface area contributed by atoms with Gasteiger partial charge in [-0.15, -0.1) is 0 Å². The molecule has 0 heterocycles. The maximum absolute atomic E-state index is 10.9. The van der Waals surface area contributed by atoms with Crippen LogP contribution in [-0.4, -0.2) is 26.7 Å². The first-order valence-corrected chi connectivity index (χ1v) is 5.56. The van der Waals surface area contributed by atoms with Crippen molar-refractivity contribution < 1.29 is 14.3 Å². The molecule has 1 N–H and O–H groups in total. The lowest BCUT2D eigenvalue weighted by Gasteiger charge is -2.08. The average molecular weight is 288 g/mol. The van der Waals surface area contributed by atoms with E-state index in [1.54, 1.807) is 7.11 Å². The second-order valence-corrected chi connectivity index (χ2v) is 3.99. The first-order chi connectivity index (χ1) is 7.67. The third-order valence-corrected chi connectivity index (χ3v) is 2.84. The zero-order valence-electron chi connectivity index (χ0n) is 9.25. The van der Waals surface area contributed by atoms with Gasteiger partial charge in [0.05, 0.1) is 20.8 Å². The Kier molecular flexibility index (Phi) is 5.28. The van der Waals surface area contributed by atoms with Crippen molar-refractivity contribution in [2.24, 2.45) is 0 Å². The maximum atomic E-state index is 10.9. The van der Waals surface area contributed by atoms with E-state index in [0.29, 0.717) is 6.54 Å². The van der Waals surface area contributed by atoms with Gasteiger partial charge in [0.25, 0.3) is 0 Å². The smallest absolute Gasteiger partial charge is 0.319 e. The van der Waals surface area contributed by atoms with Crippen molar-refractivity contribution in [2.75, 3.05) is 20.8 Å². The Morgan fingerprint density at radius 3 is 2.81 bits per heavy atom. The van der Waals surface area contributed by atoms with E-state index in [0.717, 1.165) is 15.8 Å². The van der Waals surface area contributed by atoms with Crippen LogP contribution in [0.4, 0.5) is 0 Å². The van der Waals surface area contributed by atoms with Crippen molar-refractivity contribution >= 4 is 21.9 Å². The van der Waals surface area contributed by atoms with Gasteiger partial charge < -0.3 is 14.8 Å². The quantitative estimate of drug-likeness (QED) is 0.838. The van der Waals surface area contributed by atoms with E-state index in [-0.39, 0.29) is 12.5 Å². The molecule has 5 heteroatoms. The molecule has 0 radical (unpaired) electrons. The maximum Gasteiger partial charge on any atom is 0.319 e. The molecular weight excluding hydrogens is 274 g/mol. The molecule has 4 nitrogen and oxygen atoms in total. The number of methoxy groups -OCH3 is 2. The number of hydrogen-bond acceptors (Lipinski definition) is 4. The van der Waals surface area contributed by atoms with Crippen molar-refractivity contribution in [3.8, 4) is 5.75 Å². The molecule has 0 aliphatic carbocycles. The Morgan fingerprint density at radius 1 is 1.44 bits per heavy atom. The number of rotatable bonds is 5. The first-order valence-electron chi connectivity index (χ1n) is 4.77. The van der Waals surface area contributed by atoms with Crippen LogP contribution < -0.4 is 10.1 Å². The molecule has 1 aromatic carbocycles. The zero-order valence-corrected chi connectivity index (χ0v) is 10.8. The molecular formula is C11H14BrNO3. The standard InChI is InChI=1S/C11H14BrNO3/c1-15-9-3-4-10(12)8(5-9)6-13-7-11(14)16-2/h3-5,13H,6-7H2,1-2H3. The highest BCUT2D eigenvalue weighted by Gasteiger charge is 2.03. The van der Waals surface area contributed by atoms with Crippen molar-refractivity contribution in [1.82, 2.24) is 5.32 Å². The SMILES string of the molecule is COC(=O)CNCc1cc(OC)ccc1Br. The predicted octanol–water partition coefficient (Wildman–Crippen LogP) is 1.72. The first kappa shape index (κ1) is 13.0. The summed E-state index contributed by atoms with van der Waals surface area (Å²) in [6.07, 6.45) is 0. The van der Waals surface area contributed by atoms with Crippen LogP contribution in [-0.2, 0) is 16.1 Å². The molecule has 0 aliphatic rings. The Bertz CT molecular complexity index is 368. The van der Waals surface area contributed by atoms with Crippen LogP contribution in [0.25, 0.3) is 0 Å². The highest BCUT2D eigenvalue weighted by molar-refractivity contribution is 9.10. The number of nitrogens with one attached hydrogen (secondary N) is 1. The van der Waals surface area contributed by atoms with E-state index in [9.17, 15) is 4.79 Å². The number of carbonyl (C=O) groups excluding carboxylic acids is 1. The summed E-state index contributed by atoms with van der Waals surface area (Å²) >= 11 is 3.43. The zero-order chi connectivity index (χ0) is 12.0. The van der Waals surface area contributed by atoms with Crippen molar-refractivity contribution in [2.45, 2.75) is 6.54 Å². The molecule has 0 fully saturated rings. The van der Waals surface area contributed by atoms with Crippen LogP contribution in [0.15, 0.2) is 22.7 Å². The molecule has 0 saturated heterocycles. The lowest BCUT2D eigenvalue weighted by atomic mass is 10.2. The van der Waals surface area contributed by atoms with Gasteiger partial charge in [-0.05, 0) is 23.8 Å². The lowest BCUT2D eigenvalue weighted by molar-refractivity contribution is -0.139. The molecule has 0 atom stereocenters. The van der Waals surface area contributed by atoms with E-state index in [1.807, 2.05) is 18.2 Å². The molecule has 0 bridgehead atoms. The van der Waals surface area contributed by atoms with Gasteiger partial charge in [0, 0.05) is 11.0 Å². The Hall–Kier alpha value is -1.07. The minimum Gasteiger partial charge on any atom is -0.497 e. The molecule has 0 aromatic heterocycles. The minimum absolute atomic E-state index is 0.195. The number of benzene rings is 1. The van der Waals surface area contributed by atoms with Crippen LogP contribution in [0.5, 0.6) is 5.75 Å². The molecule has 88 valence electrons. The van der Waals surface area contributed by atoms with E-state index in [4.69, 9.17) is 4.74 Å². The van der Waals surface area contributed by atoms with E-state index in [1.165, 1.54) is 7.11 Å². The van der Waals surface area contributed by atoms with Gasteiger partial charge in [0.15, 0.2) is 0 Å². The molecule has 1 aromatic rings. The number of esters is 1. The topological polar surface area (TPSA) is 47.6 Å². The van der Waals surface area contributed by atoms with E-state index >= 15 is 0 Å². The van der Waals surface area contributed by atoms with Gasteiger partial charge in [0.2, 0.25) is 0 Å². The highest BCUT2D eigenvalue weighted by Crippen LogP contribution is 2.22. The van der Waals surface area contributed by atoms with Gasteiger partial charge in [-0.1, -0.05) is 15.9 Å². The van der Waals surface area contributed by atoms with Gasteiger partial charge in [-0.25, -0.2) is 0 Å². The number of hydrogen-bond donors (Lipinski definition) is 1. The summed E-state index contributed by atoms with van der Waals surface area (Å²) in [7, 11) is 2.99. The fraction of sp³-hybridized carbons (Fsp3) is 0.364. The summed E-state index contributed by atoms with van der Waals surface area (Å²) in [5.74, 6) is 0.511. The Balaban J connectivity index is 2.55. The van der Waals surface area contributed by atoms with E-state index in [2.05, 4.69) is 26.0 Å². The molecule has 0 spiro atoms. The average Bonchev–Trinajstić information content (AvgIpc) is 2.31. The van der Waals surface area contributed by atoms with Crippen LogP contribution in [0.2, 0.25) is 0 Å². The second kappa shape index (κ2) is 6.50. The number of carbonyl (C=O) groups is 1. The molecule has 0 unspecified atom stereocenters. The van der Waals surface area contributed by atoms with Crippen molar-refractivity contribution in [3.63, 3.8) is 0 Å². The Labute approximate surface area is 103 Å². The fourth-order valence-electron chi connectivity index (χ4n) is 1.18. The van der Waals surface area contributed by atoms with Gasteiger partial charge >= 0.3 is 5.97 Å². The molecule has 0 amide bonds. The van der Waals surface area contributed by atoms with Crippen LogP contribution in [0.1, 0.15) is 5.56 Å². The molecule has 16 heavy (non-hydrogen) atoms. The highest BCUT2D eigenvalue weighted by atomic mass is 79.9. The van der Waals surface area contributed by atoms with Crippen LogP contribution >= 0.6 is 15.9 Å². The van der Waals surface area contributed by atoms with Crippen molar-refractivity contribution in [3.05, 3.63) is 28.2 Å². The van der Waals surface area contributed by atoms with Gasteiger partial charge in [-0.2, -0.15) is 0 Å². The second-order valence-electron chi connectivity index (χ2n) is 3.14. The van der Waals surface area contributed by atoms with Crippen LogP contribution in [0.3, 0.4) is 0 Å². The lowest BCUT2D eigenvalue weighted by Crippen LogP contribution is -2.23. The van der Waals surface area contributed by atoms with Crippen LogP contribution in [0, 0.1) is 0 Å². The summed E-state index contributed by atoms with van der Waals surface area (Å²) in [4.78, 5) is 10.9. The summed E-state index contributed by atoms with van der Waals surface area (Å²) in [6.45, 7) is 0.771. The van der Waals surface area contributed by atoms with Gasteiger partial charge in [0.1, 0.15) is 5.75 Å².